The third-order valence-electron chi connectivity index (χ3n) is 3.86. The van der Waals surface area contributed by atoms with Gasteiger partial charge in [0, 0.05) is 29.3 Å². The highest BCUT2D eigenvalue weighted by Crippen LogP contribution is 2.39. The van der Waals surface area contributed by atoms with Gasteiger partial charge < -0.3 is 9.73 Å². The number of rotatable bonds is 6. The van der Waals surface area contributed by atoms with E-state index in [2.05, 4.69) is 15.3 Å². The first-order chi connectivity index (χ1) is 13.6. The Morgan fingerprint density at radius 2 is 2.04 bits per heavy atom. The summed E-state index contributed by atoms with van der Waals surface area (Å²) in [6.45, 7) is 0. The fraction of sp³-hybridized carbons (Fsp3) is 0.105. The van der Waals surface area contributed by atoms with Crippen molar-refractivity contribution < 1.29 is 9.21 Å². The largest absolute Gasteiger partial charge is 0.441 e. The summed E-state index contributed by atoms with van der Waals surface area (Å²) >= 11 is 14.7. The molecule has 0 radical (unpaired) electrons. The topological polar surface area (TPSA) is 68.0 Å². The molecule has 3 aromatic heterocycles. The number of carbonyl (C=O) groups excluding carboxylic acids is 1. The van der Waals surface area contributed by atoms with Gasteiger partial charge in [0.15, 0.2) is 16.8 Å². The van der Waals surface area contributed by atoms with Gasteiger partial charge in [-0.1, -0.05) is 53.5 Å². The van der Waals surface area contributed by atoms with E-state index in [1.807, 2.05) is 35.7 Å². The second kappa shape index (κ2) is 8.45. The maximum atomic E-state index is 12.2. The van der Waals surface area contributed by atoms with Crippen LogP contribution in [0, 0.1) is 0 Å². The van der Waals surface area contributed by atoms with E-state index in [1.165, 1.54) is 22.7 Å². The molecule has 4 rings (SSSR count). The van der Waals surface area contributed by atoms with Crippen LogP contribution in [0.1, 0.15) is 12.3 Å². The Labute approximate surface area is 179 Å². The van der Waals surface area contributed by atoms with Crippen molar-refractivity contribution in [2.24, 2.45) is 0 Å². The third kappa shape index (κ3) is 4.44. The van der Waals surface area contributed by atoms with Crippen LogP contribution in [-0.4, -0.2) is 15.9 Å². The lowest BCUT2D eigenvalue weighted by atomic mass is 10.2. The van der Waals surface area contributed by atoms with Crippen LogP contribution < -0.4 is 5.32 Å². The van der Waals surface area contributed by atoms with Gasteiger partial charge in [0.2, 0.25) is 5.91 Å². The third-order valence-corrected chi connectivity index (χ3v) is 6.11. The standard InChI is InChI=1S/C19H13Cl2N3O2S2/c20-15-8-12(18(21)28-15)13-10-27-19(23-13)24-16(25)6-7-17-22-9-14(26-17)11-4-2-1-3-5-11/h1-5,8-10H,6-7H2,(H,23,24,25). The summed E-state index contributed by atoms with van der Waals surface area (Å²) in [6, 6.07) is 11.5. The minimum atomic E-state index is -0.158. The van der Waals surface area contributed by atoms with Crippen molar-refractivity contribution in [2.75, 3.05) is 5.32 Å². The second-order valence-corrected chi connectivity index (χ2v) is 8.95. The molecule has 0 aliphatic carbocycles. The number of aryl methyl sites for hydroxylation is 1. The first kappa shape index (κ1) is 19.1. The van der Waals surface area contributed by atoms with Crippen LogP contribution in [0.15, 0.2) is 52.4 Å². The van der Waals surface area contributed by atoms with Gasteiger partial charge in [-0.25, -0.2) is 9.97 Å². The quantitative estimate of drug-likeness (QED) is 0.369. The van der Waals surface area contributed by atoms with Crippen LogP contribution in [0.5, 0.6) is 0 Å². The van der Waals surface area contributed by atoms with E-state index in [-0.39, 0.29) is 12.3 Å². The average molecular weight is 450 g/mol. The normalized spacial score (nSPS) is 10.9. The van der Waals surface area contributed by atoms with Crippen LogP contribution in [0.25, 0.3) is 22.6 Å². The summed E-state index contributed by atoms with van der Waals surface area (Å²) in [4.78, 5) is 20.9. The van der Waals surface area contributed by atoms with Gasteiger partial charge in [-0.15, -0.1) is 22.7 Å². The molecule has 0 unspecified atom stereocenters. The summed E-state index contributed by atoms with van der Waals surface area (Å²) < 4.78 is 6.89. The number of anilines is 1. The van der Waals surface area contributed by atoms with E-state index >= 15 is 0 Å². The second-order valence-electron chi connectivity index (χ2n) is 5.81. The number of thiophene rings is 1. The zero-order chi connectivity index (χ0) is 19.5. The zero-order valence-corrected chi connectivity index (χ0v) is 17.5. The smallest absolute Gasteiger partial charge is 0.226 e. The first-order valence-corrected chi connectivity index (χ1v) is 10.7. The number of hydrogen-bond donors (Lipinski definition) is 1. The molecule has 0 bridgehead atoms. The molecule has 28 heavy (non-hydrogen) atoms. The van der Waals surface area contributed by atoms with Crippen LogP contribution in [0.2, 0.25) is 8.67 Å². The number of benzene rings is 1. The van der Waals surface area contributed by atoms with Gasteiger partial charge in [-0.05, 0) is 6.07 Å². The summed E-state index contributed by atoms with van der Waals surface area (Å²) in [5.41, 5.74) is 2.41. The van der Waals surface area contributed by atoms with E-state index in [1.54, 1.807) is 12.3 Å². The fourth-order valence-electron chi connectivity index (χ4n) is 2.53. The van der Waals surface area contributed by atoms with Crippen LogP contribution in [0.4, 0.5) is 5.13 Å². The molecule has 3 heterocycles. The van der Waals surface area contributed by atoms with Crippen molar-refractivity contribution in [3.63, 3.8) is 0 Å². The molecule has 0 saturated carbocycles. The van der Waals surface area contributed by atoms with Crippen molar-refractivity contribution in [1.82, 2.24) is 9.97 Å². The van der Waals surface area contributed by atoms with Gasteiger partial charge in [-0.3, -0.25) is 4.79 Å². The Morgan fingerprint density at radius 1 is 1.21 bits per heavy atom. The molecule has 0 atom stereocenters. The summed E-state index contributed by atoms with van der Waals surface area (Å²) in [7, 11) is 0. The molecule has 4 aromatic rings. The number of hydrogen-bond acceptors (Lipinski definition) is 6. The highest BCUT2D eigenvalue weighted by Gasteiger charge is 2.14. The predicted molar refractivity (Wildman–Crippen MR) is 114 cm³/mol. The first-order valence-electron chi connectivity index (χ1n) is 8.29. The molecule has 0 fully saturated rings. The molecule has 1 N–H and O–H groups in total. The van der Waals surface area contributed by atoms with Crippen molar-refractivity contribution in [1.29, 1.82) is 0 Å². The van der Waals surface area contributed by atoms with Crippen molar-refractivity contribution >= 4 is 56.9 Å². The Kier molecular flexibility index (Phi) is 5.77. The number of nitrogens with one attached hydrogen (secondary N) is 1. The molecule has 1 aromatic carbocycles. The number of oxazole rings is 1. The molecule has 0 aliphatic rings. The van der Waals surface area contributed by atoms with Crippen LogP contribution in [-0.2, 0) is 11.2 Å². The summed E-state index contributed by atoms with van der Waals surface area (Å²) in [5.74, 6) is 1.05. The molecular formula is C19H13Cl2N3O2S2. The lowest BCUT2D eigenvalue weighted by Gasteiger charge is -2.00. The van der Waals surface area contributed by atoms with Crippen molar-refractivity contribution in [2.45, 2.75) is 12.8 Å². The van der Waals surface area contributed by atoms with E-state index in [0.717, 1.165) is 11.1 Å². The molecule has 142 valence electrons. The van der Waals surface area contributed by atoms with Gasteiger partial charge >= 0.3 is 0 Å². The predicted octanol–water partition coefficient (Wildman–Crippen LogP) is 6.40. The Morgan fingerprint density at radius 3 is 2.79 bits per heavy atom. The van der Waals surface area contributed by atoms with Crippen LogP contribution in [0.3, 0.4) is 0 Å². The van der Waals surface area contributed by atoms with Crippen molar-refractivity contribution in [3.05, 3.63) is 62.5 Å². The van der Waals surface area contributed by atoms with Crippen molar-refractivity contribution in [3.8, 4) is 22.6 Å². The van der Waals surface area contributed by atoms with Gasteiger partial charge in [0.25, 0.3) is 0 Å². The van der Waals surface area contributed by atoms with Crippen LogP contribution >= 0.6 is 45.9 Å². The maximum Gasteiger partial charge on any atom is 0.226 e. The maximum absolute atomic E-state index is 12.2. The lowest BCUT2D eigenvalue weighted by molar-refractivity contribution is -0.116. The highest BCUT2D eigenvalue weighted by atomic mass is 35.5. The Bertz CT molecular complexity index is 1110. The monoisotopic (exact) mass is 449 g/mol. The Hall–Kier alpha value is -2.19. The summed E-state index contributed by atoms with van der Waals surface area (Å²) in [5, 5.41) is 5.14. The van der Waals surface area contributed by atoms with Gasteiger partial charge in [-0.2, -0.15) is 0 Å². The Balaban J connectivity index is 1.34. The van der Waals surface area contributed by atoms with E-state index in [0.29, 0.717) is 37.6 Å². The number of thiazole rings is 1. The fourth-order valence-corrected chi connectivity index (χ4v) is 4.74. The molecule has 1 amide bonds. The van der Waals surface area contributed by atoms with E-state index < -0.39 is 0 Å². The van der Waals surface area contributed by atoms with E-state index in [4.69, 9.17) is 27.6 Å². The molecule has 9 heteroatoms. The lowest BCUT2D eigenvalue weighted by Crippen LogP contribution is -2.12. The summed E-state index contributed by atoms with van der Waals surface area (Å²) in [6.07, 6.45) is 2.32. The number of nitrogens with zero attached hydrogens (tertiary/aromatic N) is 2. The average Bonchev–Trinajstić information content (AvgIpc) is 3.41. The number of aromatic nitrogens is 2. The number of halogens is 2. The highest BCUT2D eigenvalue weighted by molar-refractivity contribution is 7.20. The minimum Gasteiger partial charge on any atom is -0.441 e. The zero-order valence-electron chi connectivity index (χ0n) is 14.3. The number of amides is 1. The minimum absolute atomic E-state index is 0.158. The molecule has 0 aliphatic heterocycles. The molecule has 5 nitrogen and oxygen atoms in total. The van der Waals surface area contributed by atoms with E-state index in [9.17, 15) is 4.79 Å². The number of carbonyl (C=O) groups is 1. The molecular weight excluding hydrogens is 437 g/mol. The molecule has 0 saturated heterocycles. The molecule has 0 spiro atoms. The van der Waals surface area contributed by atoms with Gasteiger partial charge in [0.05, 0.1) is 16.2 Å². The van der Waals surface area contributed by atoms with Gasteiger partial charge in [0.1, 0.15) is 4.34 Å². The SMILES string of the molecule is O=C(CCc1ncc(-c2ccccc2)o1)Nc1nc(-c2cc(Cl)sc2Cl)cs1.